The lowest BCUT2D eigenvalue weighted by molar-refractivity contribution is -0.144. The Kier molecular flexibility index (Phi) is 5.96. The van der Waals surface area contributed by atoms with Crippen molar-refractivity contribution in [3.8, 4) is 0 Å². The molecule has 0 radical (unpaired) electrons. The zero-order valence-electron chi connectivity index (χ0n) is 18.7. The van der Waals surface area contributed by atoms with Crippen LogP contribution in [0.4, 0.5) is 19.0 Å². The van der Waals surface area contributed by atoms with Crippen molar-refractivity contribution in [1.29, 1.82) is 0 Å². The molecule has 0 aromatic carbocycles. The number of hydrogen-bond donors (Lipinski definition) is 1. The highest BCUT2D eigenvalue weighted by atomic mass is 19.4. The van der Waals surface area contributed by atoms with Gasteiger partial charge in [-0.2, -0.15) is 13.2 Å². The molecule has 1 N–H and O–H groups in total. The second-order valence-corrected chi connectivity index (χ2v) is 9.17. The van der Waals surface area contributed by atoms with Crippen molar-refractivity contribution in [1.82, 2.24) is 19.4 Å². The fourth-order valence-corrected chi connectivity index (χ4v) is 4.93. The predicted octanol–water partition coefficient (Wildman–Crippen LogP) is 4.05. The lowest BCUT2D eigenvalue weighted by atomic mass is 9.81. The number of hydrogen-bond acceptors (Lipinski definition) is 4. The van der Waals surface area contributed by atoms with E-state index in [1.54, 1.807) is 29.3 Å². The Labute approximate surface area is 186 Å². The molecular weight excluding hydrogens is 419 g/mol. The van der Waals surface area contributed by atoms with E-state index >= 15 is 0 Å². The smallest absolute Gasteiger partial charge is 0.369 e. The predicted molar refractivity (Wildman–Crippen MR) is 116 cm³/mol. The van der Waals surface area contributed by atoms with E-state index in [0.29, 0.717) is 68.6 Å². The normalized spacial score (nSPS) is 18.8. The standard InChI is InChI=1S/C23H30F3N5O/c1-16(2)15-28-20-17(5-4-10-27-20)21(32)30-11-8-22(9-12-30)18-6-7-19(23(24,25)26)31(18)14-13-29(22)3/h4-7,10,16H,8-9,11-15H2,1-3H3,(H,27,28). The van der Waals surface area contributed by atoms with Crippen molar-refractivity contribution >= 4 is 11.7 Å². The second kappa shape index (κ2) is 8.42. The number of carbonyl (C=O) groups is 1. The molecule has 32 heavy (non-hydrogen) atoms. The number of nitrogens with one attached hydrogen (secondary N) is 1. The quantitative estimate of drug-likeness (QED) is 0.765. The van der Waals surface area contributed by atoms with Crippen LogP contribution in [0.1, 0.15) is 48.4 Å². The van der Waals surface area contributed by atoms with E-state index in [0.717, 1.165) is 0 Å². The van der Waals surface area contributed by atoms with Gasteiger partial charge in [-0.05, 0) is 50.1 Å². The molecular formula is C23H30F3N5O. The summed E-state index contributed by atoms with van der Waals surface area (Å²) in [6, 6.07) is 6.33. The number of likely N-dealkylation sites (tertiary alicyclic amines) is 1. The van der Waals surface area contributed by atoms with Gasteiger partial charge in [0.1, 0.15) is 11.5 Å². The second-order valence-electron chi connectivity index (χ2n) is 9.17. The van der Waals surface area contributed by atoms with Gasteiger partial charge in [0.05, 0.1) is 11.1 Å². The highest BCUT2D eigenvalue weighted by Gasteiger charge is 2.47. The van der Waals surface area contributed by atoms with Crippen LogP contribution in [0.3, 0.4) is 0 Å². The number of alkyl halides is 3. The average molecular weight is 450 g/mol. The summed E-state index contributed by atoms with van der Waals surface area (Å²) < 4.78 is 41.8. The number of likely N-dealkylation sites (N-methyl/N-ethyl adjacent to an activating group) is 1. The van der Waals surface area contributed by atoms with Gasteiger partial charge < -0.3 is 14.8 Å². The van der Waals surface area contributed by atoms with Gasteiger partial charge >= 0.3 is 6.18 Å². The maximum atomic E-state index is 13.5. The molecule has 0 saturated carbocycles. The fraction of sp³-hybridized carbons (Fsp3) is 0.565. The fourth-order valence-electron chi connectivity index (χ4n) is 4.93. The van der Waals surface area contributed by atoms with Crippen LogP contribution in [0.25, 0.3) is 0 Å². The summed E-state index contributed by atoms with van der Waals surface area (Å²) in [7, 11) is 1.97. The third kappa shape index (κ3) is 3.98. The van der Waals surface area contributed by atoms with Crippen molar-refractivity contribution < 1.29 is 18.0 Å². The third-order valence-corrected chi connectivity index (χ3v) is 6.73. The molecule has 2 aliphatic rings. The number of rotatable bonds is 4. The van der Waals surface area contributed by atoms with Crippen LogP contribution < -0.4 is 5.32 Å². The summed E-state index contributed by atoms with van der Waals surface area (Å²) in [4.78, 5) is 21.6. The van der Waals surface area contributed by atoms with Crippen LogP contribution in [-0.4, -0.2) is 58.5 Å². The Balaban J connectivity index is 1.54. The number of halogens is 3. The number of nitrogens with zero attached hydrogens (tertiary/aromatic N) is 4. The minimum absolute atomic E-state index is 0.0935. The molecule has 0 aliphatic carbocycles. The summed E-state index contributed by atoms with van der Waals surface area (Å²) in [6.45, 7) is 6.71. The molecule has 0 bridgehead atoms. The van der Waals surface area contributed by atoms with Crippen molar-refractivity contribution in [3.63, 3.8) is 0 Å². The topological polar surface area (TPSA) is 53.4 Å². The number of pyridine rings is 1. The lowest BCUT2D eigenvalue weighted by Crippen LogP contribution is -2.56. The van der Waals surface area contributed by atoms with Crippen LogP contribution in [0, 0.1) is 5.92 Å². The first-order chi connectivity index (χ1) is 15.1. The van der Waals surface area contributed by atoms with Gasteiger partial charge in [-0.3, -0.25) is 9.69 Å². The van der Waals surface area contributed by atoms with Crippen LogP contribution in [0.2, 0.25) is 0 Å². The summed E-state index contributed by atoms with van der Waals surface area (Å²) in [6.07, 6.45) is -1.53. The molecule has 1 amide bonds. The van der Waals surface area contributed by atoms with Crippen LogP contribution in [0.5, 0.6) is 0 Å². The minimum atomic E-state index is -4.37. The lowest BCUT2D eigenvalue weighted by Gasteiger charge is -2.50. The van der Waals surface area contributed by atoms with E-state index in [4.69, 9.17) is 0 Å². The Morgan fingerprint density at radius 3 is 2.53 bits per heavy atom. The number of fused-ring (bicyclic) bond motifs is 2. The first kappa shape index (κ1) is 22.6. The van der Waals surface area contributed by atoms with Gasteiger partial charge in [0.2, 0.25) is 0 Å². The molecule has 0 unspecified atom stereocenters. The molecule has 4 rings (SSSR count). The van der Waals surface area contributed by atoms with E-state index in [1.807, 2.05) is 7.05 Å². The Morgan fingerprint density at radius 2 is 1.88 bits per heavy atom. The van der Waals surface area contributed by atoms with Crippen molar-refractivity contribution in [3.05, 3.63) is 47.4 Å². The summed E-state index contributed by atoms with van der Waals surface area (Å²) in [5.74, 6) is 0.892. The highest BCUT2D eigenvalue weighted by Crippen LogP contribution is 2.44. The summed E-state index contributed by atoms with van der Waals surface area (Å²) in [5, 5.41) is 3.25. The number of piperidine rings is 1. The van der Waals surface area contributed by atoms with Gasteiger partial charge in [0.15, 0.2) is 0 Å². The minimum Gasteiger partial charge on any atom is -0.369 e. The van der Waals surface area contributed by atoms with E-state index in [1.165, 1.54) is 10.6 Å². The van der Waals surface area contributed by atoms with Crippen LogP contribution >= 0.6 is 0 Å². The van der Waals surface area contributed by atoms with Gasteiger partial charge in [-0.25, -0.2) is 4.98 Å². The number of carbonyl (C=O) groups excluding carboxylic acids is 1. The molecule has 4 heterocycles. The number of anilines is 1. The number of aromatic nitrogens is 2. The average Bonchev–Trinajstić information content (AvgIpc) is 3.21. The largest absolute Gasteiger partial charge is 0.431 e. The first-order valence-electron chi connectivity index (χ1n) is 11.1. The van der Waals surface area contributed by atoms with E-state index in [2.05, 4.69) is 29.0 Å². The zero-order valence-corrected chi connectivity index (χ0v) is 18.7. The highest BCUT2D eigenvalue weighted by molar-refractivity contribution is 5.98. The molecule has 174 valence electrons. The van der Waals surface area contributed by atoms with Gasteiger partial charge in [-0.15, -0.1) is 0 Å². The monoisotopic (exact) mass is 449 g/mol. The van der Waals surface area contributed by atoms with Crippen LogP contribution in [0.15, 0.2) is 30.5 Å². The molecule has 1 spiro atoms. The van der Waals surface area contributed by atoms with E-state index < -0.39 is 17.4 Å². The first-order valence-corrected chi connectivity index (χ1v) is 11.1. The Bertz CT molecular complexity index is 976. The molecule has 9 heteroatoms. The molecule has 0 atom stereocenters. The molecule has 1 saturated heterocycles. The summed E-state index contributed by atoms with van der Waals surface area (Å²) in [5.41, 5.74) is 0.150. The van der Waals surface area contributed by atoms with E-state index in [9.17, 15) is 18.0 Å². The third-order valence-electron chi connectivity index (χ3n) is 6.73. The Hall–Kier alpha value is -2.55. The van der Waals surface area contributed by atoms with Gasteiger partial charge in [0, 0.05) is 44.6 Å². The SMILES string of the molecule is CC(C)CNc1ncccc1C(=O)N1CCC2(CC1)c1ccc(C(F)(F)F)n1CCN2C. The Morgan fingerprint density at radius 1 is 1.16 bits per heavy atom. The zero-order chi connectivity index (χ0) is 23.1. The van der Waals surface area contributed by atoms with Gasteiger partial charge in [-0.1, -0.05) is 13.8 Å². The molecule has 2 aromatic heterocycles. The van der Waals surface area contributed by atoms with Crippen molar-refractivity contribution in [2.75, 3.05) is 38.5 Å². The van der Waals surface area contributed by atoms with Crippen molar-refractivity contribution in [2.24, 2.45) is 5.92 Å². The van der Waals surface area contributed by atoms with Crippen LogP contribution in [-0.2, 0) is 18.3 Å². The van der Waals surface area contributed by atoms with Gasteiger partial charge in [0.25, 0.3) is 5.91 Å². The van der Waals surface area contributed by atoms with Crippen molar-refractivity contribution in [2.45, 2.75) is 44.9 Å². The summed E-state index contributed by atoms with van der Waals surface area (Å²) >= 11 is 0. The molecule has 1 fully saturated rings. The number of amides is 1. The molecule has 2 aromatic rings. The van der Waals surface area contributed by atoms with E-state index in [-0.39, 0.29) is 5.91 Å². The maximum absolute atomic E-state index is 13.5. The maximum Gasteiger partial charge on any atom is 0.431 e. The molecule has 6 nitrogen and oxygen atoms in total. The molecule has 2 aliphatic heterocycles.